The third kappa shape index (κ3) is 3.47. The van der Waals surface area contributed by atoms with Crippen LogP contribution in [0.4, 0.5) is 0 Å². The summed E-state index contributed by atoms with van der Waals surface area (Å²) in [5.74, 6) is 0.0703. The molecule has 0 amide bonds. The van der Waals surface area contributed by atoms with E-state index in [9.17, 15) is 4.79 Å². The Bertz CT molecular complexity index is 554. The fourth-order valence-electron chi connectivity index (χ4n) is 1.85. The van der Waals surface area contributed by atoms with E-state index >= 15 is 0 Å². The van der Waals surface area contributed by atoms with Gasteiger partial charge in [0.25, 0.3) is 0 Å². The van der Waals surface area contributed by atoms with Crippen molar-refractivity contribution in [2.45, 2.75) is 32.6 Å². The van der Waals surface area contributed by atoms with Crippen molar-refractivity contribution >= 4 is 5.78 Å². The summed E-state index contributed by atoms with van der Waals surface area (Å²) in [5.41, 5.74) is 2.75. The van der Waals surface area contributed by atoms with Crippen LogP contribution in [-0.4, -0.2) is 16.0 Å². The molecule has 0 aliphatic heterocycles. The van der Waals surface area contributed by atoms with E-state index in [0.717, 1.165) is 5.56 Å². The molecule has 19 heavy (non-hydrogen) atoms. The molecule has 3 nitrogen and oxygen atoms in total. The molecule has 0 saturated carbocycles. The van der Waals surface area contributed by atoms with Crippen molar-refractivity contribution in [3.8, 4) is 0 Å². The lowest BCUT2D eigenvalue weighted by Gasteiger charge is -2.18. The molecule has 0 fully saturated rings. The molecule has 98 valence electrons. The van der Waals surface area contributed by atoms with Gasteiger partial charge in [0.15, 0.2) is 5.78 Å². The topological polar surface area (TPSA) is 42.9 Å². The van der Waals surface area contributed by atoms with Crippen molar-refractivity contribution in [3.63, 3.8) is 0 Å². The minimum absolute atomic E-state index is 0.0703. The molecular weight excluding hydrogens is 236 g/mol. The number of carbonyl (C=O) groups excluding carboxylic acids is 1. The third-order valence-electron chi connectivity index (χ3n) is 3.04. The maximum atomic E-state index is 12.1. The van der Waals surface area contributed by atoms with Crippen LogP contribution in [0.1, 0.15) is 42.4 Å². The standard InChI is InChI=1S/C16H18N2O/c1-16(2,3)13-8-6-12(7-9-13)15(19)11-14-5-4-10-17-18-14/h4-10H,11H2,1-3H3. The SMILES string of the molecule is CC(C)(C)c1ccc(C(=O)Cc2cccnn2)cc1. The second kappa shape index (κ2) is 5.31. The number of carbonyl (C=O) groups is 1. The number of benzene rings is 1. The Morgan fingerprint density at radius 1 is 1.11 bits per heavy atom. The highest BCUT2D eigenvalue weighted by atomic mass is 16.1. The van der Waals surface area contributed by atoms with Crippen molar-refractivity contribution < 1.29 is 4.79 Å². The van der Waals surface area contributed by atoms with Crippen LogP contribution in [0.25, 0.3) is 0 Å². The quantitative estimate of drug-likeness (QED) is 0.790. The average Bonchev–Trinajstić information content (AvgIpc) is 2.39. The summed E-state index contributed by atoms with van der Waals surface area (Å²) in [7, 11) is 0. The highest BCUT2D eigenvalue weighted by Gasteiger charge is 2.14. The monoisotopic (exact) mass is 254 g/mol. The number of hydrogen-bond acceptors (Lipinski definition) is 3. The molecule has 0 bridgehead atoms. The van der Waals surface area contributed by atoms with Gasteiger partial charge in [-0.15, -0.1) is 0 Å². The van der Waals surface area contributed by atoms with Crippen molar-refractivity contribution in [3.05, 3.63) is 59.4 Å². The number of aromatic nitrogens is 2. The summed E-state index contributed by atoms with van der Waals surface area (Å²) < 4.78 is 0. The van der Waals surface area contributed by atoms with Gasteiger partial charge in [-0.3, -0.25) is 4.79 Å². The first-order valence-electron chi connectivity index (χ1n) is 6.37. The van der Waals surface area contributed by atoms with E-state index in [4.69, 9.17) is 0 Å². The molecule has 0 aliphatic carbocycles. The molecule has 3 heteroatoms. The molecule has 1 heterocycles. The van der Waals surface area contributed by atoms with Gasteiger partial charge < -0.3 is 0 Å². The summed E-state index contributed by atoms with van der Waals surface area (Å²) >= 11 is 0. The number of nitrogens with zero attached hydrogens (tertiary/aromatic N) is 2. The third-order valence-corrected chi connectivity index (χ3v) is 3.04. The van der Waals surface area contributed by atoms with Gasteiger partial charge in [0.2, 0.25) is 0 Å². The Balaban J connectivity index is 2.12. The van der Waals surface area contributed by atoms with E-state index in [1.807, 2.05) is 30.3 Å². The molecule has 0 radical (unpaired) electrons. The minimum Gasteiger partial charge on any atom is -0.294 e. The molecule has 0 aliphatic rings. The Morgan fingerprint density at radius 2 is 1.79 bits per heavy atom. The molecule has 0 atom stereocenters. The highest BCUT2D eigenvalue weighted by Crippen LogP contribution is 2.22. The molecular formula is C16H18N2O. The van der Waals surface area contributed by atoms with Crippen molar-refractivity contribution in [2.24, 2.45) is 0 Å². The number of rotatable bonds is 3. The van der Waals surface area contributed by atoms with Crippen LogP contribution in [0.2, 0.25) is 0 Å². The van der Waals surface area contributed by atoms with Crippen molar-refractivity contribution in [1.82, 2.24) is 10.2 Å². The van der Waals surface area contributed by atoms with Gasteiger partial charge in [-0.05, 0) is 23.1 Å². The molecule has 0 N–H and O–H groups in total. The van der Waals surface area contributed by atoms with Gasteiger partial charge >= 0.3 is 0 Å². The maximum Gasteiger partial charge on any atom is 0.168 e. The van der Waals surface area contributed by atoms with Gasteiger partial charge in [0.1, 0.15) is 0 Å². The van der Waals surface area contributed by atoms with Crippen LogP contribution in [-0.2, 0) is 11.8 Å². The van der Waals surface area contributed by atoms with Crippen LogP contribution >= 0.6 is 0 Å². The second-order valence-electron chi connectivity index (χ2n) is 5.64. The predicted molar refractivity (Wildman–Crippen MR) is 75.2 cm³/mol. The number of Topliss-reactive ketones (excluding diaryl/α,β-unsaturated/α-hetero) is 1. The molecule has 2 aromatic rings. The lowest BCUT2D eigenvalue weighted by Crippen LogP contribution is -2.12. The summed E-state index contributed by atoms with van der Waals surface area (Å²) in [6.45, 7) is 6.47. The summed E-state index contributed by atoms with van der Waals surface area (Å²) in [6, 6.07) is 11.4. The van der Waals surface area contributed by atoms with E-state index in [2.05, 4.69) is 31.0 Å². The Morgan fingerprint density at radius 3 is 2.32 bits per heavy atom. The zero-order valence-electron chi connectivity index (χ0n) is 11.6. The smallest absolute Gasteiger partial charge is 0.168 e. The van der Waals surface area contributed by atoms with Crippen LogP contribution in [0, 0.1) is 0 Å². The van der Waals surface area contributed by atoms with Crippen molar-refractivity contribution in [2.75, 3.05) is 0 Å². The molecule has 2 rings (SSSR count). The van der Waals surface area contributed by atoms with Crippen LogP contribution in [0.15, 0.2) is 42.6 Å². The molecule has 0 saturated heterocycles. The first kappa shape index (κ1) is 13.4. The van der Waals surface area contributed by atoms with Crippen LogP contribution in [0.5, 0.6) is 0 Å². The normalized spacial score (nSPS) is 11.3. The number of hydrogen-bond donors (Lipinski definition) is 0. The van der Waals surface area contributed by atoms with E-state index in [1.54, 1.807) is 12.3 Å². The van der Waals surface area contributed by atoms with Gasteiger partial charge in [0.05, 0.1) is 12.1 Å². The Kier molecular flexibility index (Phi) is 3.74. The van der Waals surface area contributed by atoms with E-state index in [0.29, 0.717) is 12.1 Å². The first-order valence-corrected chi connectivity index (χ1v) is 6.37. The number of ketones is 1. The van der Waals surface area contributed by atoms with Gasteiger partial charge in [-0.1, -0.05) is 45.0 Å². The van der Waals surface area contributed by atoms with Gasteiger partial charge in [-0.25, -0.2) is 0 Å². The summed E-state index contributed by atoms with van der Waals surface area (Å²) in [4.78, 5) is 12.1. The van der Waals surface area contributed by atoms with E-state index in [1.165, 1.54) is 5.56 Å². The molecule has 0 unspecified atom stereocenters. The lowest BCUT2D eigenvalue weighted by molar-refractivity contribution is 0.0991. The van der Waals surface area contributed by atoms with E-state index in [-0.39, 0.29) is 11.2 Å². The largest absolute Gasteiger partial charge is 0.294 e. The fraction of sp³-hybridized carbons (Fsp3) is 0.312. The Labute approximate surface area is 113 Å². The van der Waals surface area contributed by atoms with Crippen LogP contribution < -0.4 is 0 Å². The minimum atomic E-state index is 0.0703. The van der Waals surface area contributed by atoms with Crippen LogP contribution in [0.3, 0.4) is 0 Å². The maximum absolute atomic E-state index is 12.1. The molecule has 1 aromatic heterocycles. The first-order chi connectivity index (χ1) is 8.97. The van der Waals surface area contributed by atoms with E-state index < -0.39 is 0 Å². The second-order valence-corrected chi connectivity index (χ2v) is 5.64. The van der Waals surface area contributed by atoms with Gasteiger partial charge in [0, 0.05) is 11.8 Å². The zero-order valence-corrected chi connectivity index (χ0v) is 11.6. The zero-order chi connectivity index (χ0) is 13.9. The summed E-state index contributed by atoms with van der Waals surface area (Å²) in [6.07, 6.45) is 1.90. The summed E-state index contributed by atoms with van der Waals surface area (Å²) in [5, 5.41) is 7.71. The molecule has 1 aromatic carbocycles. The van der Waals surface area contributed by atoms with Gasteiger partial charge in [-0.2, -0.15) is 10.2 Å². The average molecular weight is 254 g/mol. The highest BCUT2D eigenvalue weighted by molar-refractivity contribution is 5.97. The van der Waals surface area contributed by atoms with Crippen molar-refractivity contribution in [1.29, 1.82) is 0 Å². The predicted octanol–water partition coefficient (Wildman–Crippen LogP) is 3.20. The molecule has 0 spiro atoms. The Hall–Kier alpha value is -2.03. The lowest BCUT2D eigenvalue weighted by atomic mass is 9.86. The fourth-order valence-corrected chi connectivity index (χ4v) is 1.85.